The molecule has 0 saturated carbocycles. The molecule has 0 fully saturated rings. The third-order valence-corrected chi connectivity index (χ3v) is 1.47. The summed E-state index contributed by atoms with van der Waals surface area (Å²) in [6.07, 6.45) is 0. The van der Waals surface area contributed by atoms with Gasteiger partial charge >= 0.3 is 58.7 Å². The van der Waals surface area contributed by atoms with Gasteiger partial charge in [0, 0.05) is 0 Å². The first-order valence-corrected chi connectivity index (χ1v) is 4.13. The quantitative estimate of drug-likeness (QED) is 0.591. The fraction of sp³-hybridized carbons (Fsp3) is 0.333. The van der Waals surface area contributed by atoms with E-state index in [1.165, 1.54) is 5.56 Å². The molecule has 0 bridgehead atoms. The van der Waals surface area contributed by atoms with Gasteiger partial charge < -0.3 is 15.1 Å². The summed E-state index contributed by atoms with van der Waals surface area (Å²) in [4.78, 5) is 0. The fourth-order valence-corrected chi connectivity index (χ4v) is 0.838. The first-order chi connectivity index (χ1) is 6.04. The maximum atomic E-state index is 7.17. The van der Waals surface area contributed by atoms with Gasteiger partial charge in [-0.05, 0) is 11.5 Å². The summed E-state index contributed by atoms with van der Waals surface area (Å²) in [7, 11) is -2.17. The Morgan fingerprint density at radius 1 is 1.00 bits per heavy atom. The number of hydrogen-bond acceptors (Lipinski definition) is 3. The Kier molecular flexibility index (Phi) is 12.7. The number of rotatable bonds is 1. The van der Waals surface area contributed by atoms with E-state index in [9.17, 15) is 0 Å². The fourth-order valence-electron chi connectivity index (χ4n) is 0.838. The Labute approximate surface area is 128 Å². The molecule has 0 aliphatic rings. The molecular weight excluding hydrogens is 206 g/mol. The van der Waals surface area contributed by atoms with Crippen LogP contribution in [0.2, 0.25) is 0 Å². The van der Waals surface area contributed by atoms with E-state index in [0.29, 0.717) is 5.92 Å². The van der Waals surface area contributed by atoms with Gasteiger partial charge in [0.05, 0.1) is 0 Å². The van der Waals surface area contributed by atoms with Crippen LogP contribution in [0.15, 0.2) is 30.3 Å². The van der Waals surface area contributed by atoms with Crippen molar-refractivity contribution in [1.82, 2.24) is 0 Å². The van der Waals surface area contributed by atoms with Crippen LogP contribution >= 0.6 is 0 Å². The van der Waals surface area contributed by atoms with Crippen molar-refractivity contribution in [3.63, 3.8) is 0 Å². The second-order valence-corrected chi connectivity index (χ2v) is 2.91. The molecule has 0 aromatic heterocycles. The van der Waals surface area contributed by atoms with Crippen LogP contribution < -0.4 is 0 Å². The summed E-state index contributed by atoms with van der Waals surface area (Å²) < 4.78 is 0. The van der Waals surface area contributed by atoms with Crippen LogP contribution in [0.5, 0.6) is 0 Å². The molecule has 3 N–H and O–H groups in total. The van der Waals surface area contributed by atoms with Crippen LogP contribution in [-0.2, 0) is 0 Å². The predicted octanol–water partition coefficient (Wildman–Crippen LogP) is 0.110. The third kappa shape index (κ3) is 10.9. The number of benzene rings is 1. The van der Waals surface area contributed by atoms with E-state index in [4.69, 9.17) is 15.1 Å². The van der Waals surface area contributed by atoms with E-state index in [1.54, 1.807) is 0 Å². The molecule has 1 rings (SSSR count). The molecule has 1 aromatic carbocycles. The van der Waals surface area contributed by atoms with Crippen molar-refractivity contribution < 1.29 is 15.1 Å². The zero-order valence-corrected chi connectivity index (χ0v) is 7.88. The SMILES string of the molecule is CC(C)c1ccccc1.OB(O)O.[KH]. The van der Waals surface area contributed by atoms with Crippen LogP contribution in [0.4, 0.5) is 0 Å². The summed E-state index contributed by atoms with van der Waals surface area (Å²) >= 11 is 0. The standard InChI is InChI=1S/C9H12.BH3O3.K.H/c1-8(2)9-6-4-3-5-7-9;2-1(3)4;;/h3-8H,1-2H3;2-4H;;. The van der Waals surface area contributed by atoms with E-state index in [1.807, 2.05) is 6.07 Å². The Morgan fingerprint density at radius 3 is 1.57 bits per heavy atom. The van der Waals surface area contributed by atoms with E-state index in [0.717, 1.165) is 0 Å². The van der Waals surface area contributed by atoms with Crippen LogP contribution in [0.3, 0.4) is 0 Å². The predicted molar refractivity (Wildman–Crippen MR) is 60.1 cm³/mol. The third-order valence-electron chi connectivity index (χ3n) is 1.47. The van der Waals surface area contributed by atoms with Gasteiger partial charge in [0.2, 0.25) is 0 Å². The van der Waals surface area contributed by atoms with Crippen molar-refractivity contribution >= 4 is 58.7 Å². The summed E-state index contributed by atoms with van der Waals surface area (Å²) in [6, 6.07) is 10.5. The van der Waals surface area contributed by atoms with Crippen molar-refractivity contribution in [2.45, 2.75) is 19.8 Å². The van der Waals surface area contributed by atoms with Crippen molar-refractivity contribution in [3.8, 4) is 0 Å². The van der Waals surface area contributed by atoms with Crippen molar-refractivity contribution in [2.75, 3.05) is 0 Å². The Morgan fingerprint density at radius 2 is 1.36 bits per heavy atom. The van der Waals surface area contributed by atoms with Crippen LogP contribution in [0.25, 0.3) is 0 Å². The molecule has 0 radical (unpaired) electrons. The van der Waals surface area contributed by atoms with Gasteiger partial charge in [0.1, 0.15) is 0 Å². The van der Waals surface area contributed by atoms with Crippen molar-refractivity contribution in [2.24, 2.45) is 0 Å². The molecule has 3 nitrogen and oxygen atoms in total. The molecule has 0 spiro atoms. The second kappa shape index (κ2) is 10.3. The van der Waals surface area contributed by atoms with E-state index >= 15 is 0 Å². The molecule has 0 atom stereocenters. The summed E-state index contributed by atoms with van der Waals surface area (Å²) in [5, 5.41) is 21.5. The normalized spacial score (nSPS) is 8.43. The average molecular weight is 222 g/mol. The second-order valence-electron chi connectivity index (χ2n) is 2.91. The van der Waals surface area contributed by atoms with E-state index in [2.05, 4.69) is 38.1 Å². The van der Waals surface area contributed by atoms with Crippen LogP contribution in [-0.4, -0.2) is 73.8 Å². The van der Waals surface area contributed by atoms with Crippen molar-refractivity contribution in [1.29, 1.82) is 0 Å². The average Bonchev–Trinajstić information content (AvgIpc) is 2.05. The molecule has 0 saturated heterocycles. The Bertz CT molecular complexity index is 214. The Hall–Kier alpha value is 0.801. The van der Waals surface area contributed by atoms with Crippen LogP contribution in [0.1, 0.15) is 25.3 Å². The van der Waals surface area contributed by atoms with Gasteiger partial charge in [0.15, 0.2) is 0 Å². The molecule has 1 aromatic rings. The monoisotopic (exact) mass is 222 g/mol. The molecule has 14 heavy (non-hydrogen) atoms. The topological polar surface area (TPSA) is 60.7 Å². The van der Waals surface area contributed by atoms with Gasteiger partial charge in [-0.15, -0.1) is 0 Å². The summed E-state index contributed by atoms with van der Waals surface area (Å²) in [5.41, 5.74) is 1.41. The molecule has 5 heteroatoms. The van der Waals surface area contributed by atoms with Gasteiger partial charge in [0.25, 0.3) is 0 Å². The summed E-state index contributed by atoms with van der Waals surface area (Å²) in [6.45, 7) is 4.41. The Balaban J connectivity index is 0. The van der Waals surface area contributed by atoms with Crippen molar-refractivity contribution in [3.05, 3.63) is 35.9 Å². The minimum atomic E-state index is -2.17. The summed E-state index contributed by atoms with van der Waals surface area (Å²) in [5.74, 6) is 0.659. The van der Waals surface area contributed by atoms with Gasteiger partial charge in [-0.25, -0.2) is 0 Å². The zero-order valence-electron chi connectivity index (χ0n) is 7.88. The molecule has 0 unspecified atom stereocenters. The first-order valence-electron chi connectivity index (χ1n) is 4.13. The maximum absolute atomic E-state index is 7.17. The molecule has 0 aliphatic carbocycles. The first kappa shape index (κ1) is 17.2. The van der Waals surface area contributed by atoms with Gasteiger partial charge in [-0.2, -0.15) is 0 Å². The number of hydrogen-bond donors (Lipinski definition) is 3. The molecule has 0 amide bonds. The van der Waals surface area contributed by atoms with Gasteiger partial charge in [-0.3, -0.25) is 0 Å². The van der Waals surface area contributed by atoms with E-state index in [-0.39, 0.29) is 51.4 Å². The molecular formula is C9H16BKO3. The minimum absolute atomic E-state index is 0. The molecule has 0 aliphatic heterocycles. The molecule has 74 valence electrons. The molecule has 0 heterocycles. The van der Waals surface area contributed by atoms with Gasteiger partial charge in [-0.1, -0.05) is 44.2 Å². The zero-order chi connectivity index (χ0) is 10.3. The van der Waals surface area contributed by atoms with E-state index < -0.39 is 7.32 Å². The van der Waals surface area contributed by atoms with Crippen LogP contribution in [0, 0.1) is 0 Å².